The van der Waals surface area contributed by atoms with Crippen LogP contribution in [0.25, 0.3) is 0 Å². The van der Waals surface area contributed by atoms with Gasteiger partial charge in [-0.2, -0.15) is 0 Å². The first-order chi connectivity index (χ1) is 8.80. The molecule has 1 fully saturated rings. The fraction of sp³-hybridized carbons (Fsp3) is 0.625. The fourth-order valence-corrected chi connectivity index (χ4v) is 3.07. The first-order valence-electron chi connectivity index (χ1n) is 7.06. The number of aryl methyl sites for hydroxylation is 1. The summed E-state index contributed by atoms with van der Waals surface area (Å²) in [5.41, 5.74) is 2.72. The van der Waals surface area contributed by atoms with Gasteiger partial charge >= 0.3 is 0 Å². The van der Waals surface area contributed by atoms with Crippen LogP contribution >= 0.6 is 11.6 Å². The number of para-hydroxylation sites is 1. The lowest BCUT2D eigenvalue weighted by molar-refractivity contribution is 0.239. The third-order valence-corrected chi connectivity index (χ3v) is 4.40. The van der Waals surface area contributed by atoms with Crippen molar-refractivity contribution >= 4 is 17.3 Å². The van der Waals surface area contributed by atoms with Crippen molar-refractivity contribution in [2.24, 2.45) is 5.41 Å². The molecule has 2 unspecified atom stereocenters. The Morgan fingerprint density at radius 3 is 2.58 bits per heavy atom. The quantitative estimate of drug-likeness (QED) is 0.840. The lowest BCUT2D eigenvalue weighted by Gasteiger charge is -2.45. The van der Waals surface area contributed by atoms with Crippen molar-refractivity contribution in [3.05, 3.63) is 28.8 Å². The Kier molecular flexibility index (Phi) is 4.12. The Bertz CT molecular complexity index is 430. The molecule has 1 aromatic carbocycles. The molecule has 2 rings (SSSR count). The van der Waals surface area contributed by atoms with Gasteiger partial charge in [-0.3, -0.25) is 0 Å². The highest BCUT2D eigenvalue weighted by Crippen LogP contribution is 2.34. The van der Waals surface area contributed by atoms with E-state index in [4.69, 9.17) is 11.6 Å². The van der Waals surface area contributed by atoms with E-state index in [0.29, 0.717) is 12.1 Å². The van der Waals surface area contributed by atoms with Crippen molar-refractivity contribution in [2.75, 3.05) is 18.0 Å². The van der Waals surface area contributed by atoms with E-state index in [9.17, 15) is 0 Å². The van der Waals surface area contributed by atoms with Crippen LogP contribution in [-0.2, 0) is 0 Å². The molecule has 0 spiro atoms. The van der Waals surface area contributed by atoms with Crippen molar-refractivity contribution in [1.82, 2.24) is 5.32 Å². The van der Waals surface area contributed by atoms with Crippen molar-refractivity contribution in [2.45, 2.75) is 46.7 Å². The smallest absolute Gasteiger partial charge is 0.0642 e. The minimum atomic E-state index is 0.257. The summed E-state index contributed by atoms with van der Waals surface area (Å²) >= 11 is 6.43. The van der Waals surface area contributed by atoms with E-state index >= 15 is 0 Å². The maximum atomic E-state index is 6.43. The van der Waals surface area contributed by atoms with E-state index in [1.54, 1.807) is 0 Å². The second-order valence-electron chi connectivity index (χ2n) is 6.73. The monoisotopic (exact) mass is 280 g/mol. The zero-order valence-electron chi connectivity index (χ0n) is 12.6. The molecular weight excluding hydrogens is 256 g/mol. The first-order valence-corrected chi connectivity index (χ1v) is 7.43. The maximum Gasteiger partial charge on any atom is 0.0642 e. The highest BCUT2D eigenvalue weighted by molar-refractivity contribution is 6.33. The number of rotatable bonds is 1. The van der Waals surface area contributed by atoms with E-state index < -0.39 is 0 Å². The van der Waals surface area contributed by atoms with Crippen LogP contribution < -0.4 is 10.2 Å². The predicted molar refractivity (Wildman–Crippen MR) is 84.2 cm³/mol. The zero-order valence-corrected chi connectivity index (χ0v) is 13.4. The van der Waals surface area contributed by atoms with Gasteiger partial charge in [-0.05, 0) is 30.9 Å². The van der Waals surface area contributed by atoms with Gasteiger partial charge in [0.15, 0.2) is 0 Å². The van der Waals surface area contributed by atoms with Crippen molar-refractivity contribution in [3.8, 4) is 0 Å². The summed E-state index contributed by atoms with van der Waals surface area (Å²) in [6.45, 7) is 13.3. The standard InChI is InChI=1S/C16H25ClN2/c1-11-7-6-8-13(17)15(11)19-10-14(16(3,4)5)18-9-12(19)2/h6-8,12,14,18H,9-10H2,1-5H3. The Labute approximate surface area is 122 Å². The molecule has 106 valence electrons. The third kappa shape index (κ3) is 3.06. The molecule has 1 aliphatic heterocycles. The summed E-state index contributed by atoms with van der Waals surface area (Å²) in [6.07, 6.45) is 0. The number of benzene rings is 1. The van der Waals surface area contributed by atoms with Crippen molar-refractivity contribution in [3.63, 3.8) is 0 Å². The van der Waals surface area contributed by atoms with Crippen LogP contribution in [0, 0.1) is 12.3 Å². The molecule has 0 bridgehead atoms. The second-order valence-corrected chi connectivity index (χ2v) is 7.14. The summed E-state index contributed by atoms with van der Waals surface area (Å²) in [6, 6.07) is 7.11. The van der Waals surface area contributed by atoms with E-state index in [-0.39, 0.29) is 5.41 Å². The van der Waals surface area contributed by atoms with Gasteiger partial charge in [-0.15, -0.1) is 0 Å². The Morgan fingerprint density at radius 1 is 1.32 bits per heavy atom. The van der Waals surface area contributed by atoms with Crippen LogP contribution in [0.2, 0.25) is 5.02 Å². The molecule has 1 N–H and O–H groups in total. The van der Waals surface area contributed by atoms with Crippen molar-refractivity contribution in [1.29, 1.82) is 0 Å². The van der Waals surface area contributed by atoms with Crippen LogP contribution in [0.1, 0.15) is 33.3 Å². The summed E-state index contributed by atoms with van der Waals surface area (Å²) in [5, 5.41) is 4.53. The molecule has 1 aromatic rings. The topological polar surface area (TPSA) is 15.3 Å². The molecule has 0 saturated carbocycles. The molecule has 1 saturated heterocycles. The SMILES string of the molecule is Cc1cccc(Cl)c1N1CC(C(C)(C)C)NCC1C. The van der Waals surface area contributed by atoms with Gasteiger partial charge in [0.2, 0.25) is 0 Å². The minimum absolute atomic E-state index is 0.257. The van der Waals surface area contributed by atoms with Gasteiger partial charge in [-0.25, -0.2) is 0 Å². The highest BCUT2D eigenvalue weighted by atomic mass is 35.5. The van der Waals surface area contributed by atoms with Crippen LogP contribution in [-0.4, -0.2) is 25.2 Å². The van der Waals surface area contributed by atoms with Gasteiger partial charge < -0.3 is 10.2 Å². The third-order valence-electron chi connectivity index (χ3n) is 4.09. The minimum Gasteiger partial charge on any atom is -0.365 e. The Morgan fingerprint density at radius 2 is 2.00 bits per heavy atom. The number of anilines is 1. The summed E-state index contributed by atoms with van der Waals surface area (Å²) in [4.78, 5) is 2.46. The average molecular weight is 281 g/mol. The van der Waals surface area contributed by atoms with E-state index in [1.807, 2.05) is 12.1 Å². The highest BCUT2D eigenvalue weighted by Gasteiger charge is 2.33. The van der Waals surface area contributed by atoms with Gasteiger partial charge in [0, 0.05) is 25.2 Å². The summed E-state index contributed by atoms with van der Waals surface area (Å²) in [5.74, 6) is 0. The van der Waals surface area contributed by atoms with Crippen LogP contribution in [0.15, 0.2) is 18.2 Å². The Hall–Kier alpha value is -0.730. The van der Waals surface area contributed by atoms with E-state index in [2.05, 4.69) is 50.9 Å². The molecule has 0 aromatic heterocycles. The van der Waals surface area contributed by atoms with E-state index in [1.165, 1.54) is 11.3 Å². The largest absolute Gasteiger partial charge is 0.365 e. The summed E-state index contributed by atoms with van der Waals surface area (Å²) in [7, 11) is 0. The van der Waals surface area contributed by atoms with Gasteiger partial charge in [-0.1, -0.05) is 44.5 Å². The normalized spacial score (nSPS) is 24.6. The Balaban J connectivity index is 2.32. The molecule has 0 amide bonds. The lowest BCUT2D eigenvalue weighted by atomic mass is 9.84. The molecule has 2 nitrogen and oxygen atoms in total. The van der Waals surface area contributed by atoms with Gasteiger partial charge in [0.05, 0.1) is 10.7 Å². The number of nitrogens with zero attached hydrogens (tertiary/aromatic N) is 1. The van der Waals surface area contributed by atoms with E-state index in [0.717, 1.165) is 18.1 Å². The van der Waals surface area contributed by atoms with Crippen LogP contribution in [0.3, 0.4) is 0 Å². The average Bonchev–Trinajstić information content (AvgIpc) is 2.29. The molecule has 0 radical (unpaired) electrons. The summed E-state index contributed by atoms with van der Waals surface area (Å²) < 4.78 is 0. The van der Waals surface area contributed by atoms with Crippen LogP contribution in [0.5, 0.6) is 0 Å². The number of nitrogens with one attached hydrogen (secondary N) is 1. The first kappa shape index (κ1) is 14.7. The molecule has 1 heterocycles. The zero-order chi connectivity index (χ0) is 14.2. The molecular formula is C16H25ClN2. The second kappa shape index (κ2) is 5.34. The van der Waals surface area contributed by atoms with Gasteiger partial charge in [0.1, 0.15) is 0 Å². The van der Waals surface area contributed by atoms with Crippen LogP contribution in [0.4, 0.5) is 5.69 Å². The maximum absolute atomic E-state index is 6.43. The predicted octanol–water partition coefficient (Wildman–Crippen LogP) is 3.86. The lowest BCUT2D eigenvalue weighted by Crippen LogP contribution is -2.59. The number of hydrogen-bond acceptors (Lipinski definition) is 2. The van der Waals surface area contributed by atoms with Crippen molar-refractivity contribution < 1.29 is 0 Å². The number of piperazine rings is 1. The molecule has 1 aliphatic rings. The molecule has 19 heavy (non-hydrogen) atoms. The molecule has 2 atom stereocenters. The molecule has 0 aliphatic carbocycles. The fourth-order valence-electron chi connectivity index (χ4n) is 2.74. The molecule has 3 heteroatoms. The number of halogens is 1. The number of hydrogen-bond donors (Lipinski definition) is 1. The van der Waals surface area contributed by atoms with Gasteiger partial charge in [0.25, 0.3) is 0 Å².